The van der Waals surface area contributed by atoms with Crippen LogP contribution in [0, 0.1) is 6.92 Å². The zero-order valence-electron chi connectivity index (χ0n) is 7.78. The van der Waals surface area contributed by atoms with Gasteiger partial charge in [0.25, 0.3) is 0 Å². The molecule has 1 amide bonds. The minimum atomic E-state index is -0.434. The standard InChI is InChI=1S/C10H11NO3/c1-6-2-3-9(12)7(4-6)8-5-14-10(13)11-8/h2-4,8,12H,5H2,1H3,(H,11,13)/t8-/m0/s1. The second-order valence-electron chi connectivity index (χ2n) is 3.36. The van der Waals surface area contributed by atoms with Crippen molar-refractivity contribution in [1.82, 2.24) is 5.32 Å². The van der Waals surface area contributed by atoms with Gasteiger partial charge in [-0.2, -0.15) is 0 Å². The van der Waals surface area contributed by atoms with Gasteiger partial charge in [0.05, 0.1) is 6.04 Å². The Kier molecular flexibility index (Phi) is 2.04. The number of rotatable bonds is 1. The van der Waals surface area contributed by atoms with Gasteiger partial charge in [0.2, 0.25) is 0 Å². The molecule has 1 atom stereocenters. The maximum atomic E-state index is 10.8. The van der Waals surface area contributed by atoms with Crippen LogP contribution < -0.4 is 5.32 Å². The van der Waals surface area contributed by atoms with Gasteiger partial charge < -0.3 is 15.2 Å². The molecule has 1 fully saturated rings. The fourth-order valence-electron chi connectivity index (χ4n) is 1.51. The summed E-state index contributed by atoms with van der Waals surface area (Å²) in [5.41, 5.74) is 1.75. The predicted octanol–water partition coefficient (Wildman–Crippen LogP) is 1.48. The molecule has 0 aromatic heterocycles. The summed E-state index contributed by atoms with van der Waals surface area (Å²) in [5.74, 6) is 0.186. The highest BCUT2D eigenvalue weighted by Gasteiger charge is 2.25. The normalized spacial score (nSPS) is 20.4. The lowest BCUT2D eigenvalue weighted by Gasteiger charge is -2.10. The fourth-order valence-corrected chi connectivity index (χ4v) is 1.51. The third-order valence-electron chi connectivity index (χ3n) is 2.23. The highest BCUT2D eigenvalue weighted by atomic mass is 16.6. The van der Waals surface area contributed by atoms with Crippen LogP contribution in [0.1, 0.15) is 17.2 Å². The lowest BCUT2D eigenvalue weighted by Crippen LogP contribution is -2.18. The monoisotopic (exact) mass is 193 g/mol. The molecule has 0 saturated carbocycles. The molecule has 1 aromatic carbocycles. The summed E-state index contributed by atoms with van der Waals surface area (Å²) >= 11 is 0. The number of aromatic hydroxyl groups is 1. The molecule has 0 bridgehead atoms. The molecule has 4 nitrogen and oxygen atoms in total. The minimum absolute atomic E-state index is 0.186. The third-order valence-corrected chi connectivity index (χ3v) is 2.23. The number of phenols is 1. The van der Waals surface area contributed by atoms with Crippen LogP contribution in [0.4, 0.5) is 4.79 Å². The van der Waals surface area contributed by atoms with Gasteiger partial charge in [0.15, 0.2) is 0 Å². The summed E-state index contributed by atoms with van der Waals surface area (Å²) < 4.78 is 4.75. The molecule has 1 saturated heterocycles. The van der Waals surface area contributed by atoms with Crippen molar-refractivity contribution in [2.75, 3.05) is 6.61 Å². The topological polar surface area (TPSA) is 58.6 Å². The number of alkyl carbamates (subject to hydrolysis) is 1. The van der Waals surface area contributed by atoms with Crippen LogP contribution in [-0.2, 0) is 4.74 Å². The Morgan fingerprint density at radius 3 is 3.00 bits per heavy atom. The van der Waals surface area contributed by atoms with E-state index in [-0.39, 0.29) is 18.4 Å². The number of aryl methyl sites for hydroxylation is 1. The largest absolute Gasteiger partial charge is 0.508 e. The molecule has 2 rings (SSSR count). The molecule has 0 aliphatic carbocycles. The van der Waals surface area contributed by atoms with Crippen molar-refractivity contribution in [2.45, 2.75) is 13.0 Å². The summed E-state index contributed by atoms with van der Waals surface area (Å²) in [4.78, 5) is 10.8. The van der Waals surface area contributed by atoms with E-state index in [9.17, 15) is 9.90 Å². The highest BCUT2D eigenvalue weighted by Crippen LogP contribution is 2.27. The van der Waals surface area contributed by atoms with Crippen molar-refractivity contribution in [2.24, 2.45) is 0 Å². The first-order chi connectivity index (χ1) is 6.66. The SMILES string of the molecule is Cc1ccc(O)c([C@@H]2COC(=O)N2)c1. The zero-order chi connectivity index (χ0) is 10.1. The van der Waals surface area contributed by atoms with Crippen LogP contribution >= 0.6 is 0 Å². The molecule has 1 aromatic rings. The Morgan fingerprint density at radius 1 is 1.57 bits per heavy atom. The van der Waals surface area contributed by atoms with Crippen molar-refractivity contribution in [3.63, 3.8) is 0 Å². The molecule has 74 valence electrons. The van der Waals surface area contributed by atoms with E-state index >= 15 is 0 Å². The van der Waals surface area contributed by atoms with Gasteiger partial charge in [0.1, 0.15) is 12.4 Å². The minimum Gasteiger partial charge on any atom is -0.508 e. The molecular weight excluding hydrogens is 182 g/mol. The molecule has 1 aliphatic rings. The number of benzene rings is 1. The van der Waals surface area contributed by atoms with Gasteiger partial charge in [-0.1, -0.05) is 17.7 Å². The highest BCUT2D eigenvalue weighted by molar-refractivity contribution is 5.70. The maximum Gasteiger partial charge on any atom is 0.407 e. The number of amides is 1. The number of ether oxygens (including phenoxy) is 1. The van der Waals surface area contributed by atoms with Crippen LogP contribution in [-0.4, -0.2) is 17.8 Å². The molecular formula is C10H11NO3. The van der Waals surface area contributed by atoms with Crippen molar-refractivity contribution in [3.8, 4) is 5.75 Å². The Labute approximate surface area is 81.5 Å². The molecule has 0 unspecified atom stereocenters. The lowest BCUT2D eigenvalue weighted by atomic mass is 10.0. The first-order valence-electron chi connectivity index (χ1n) is 4.39. The quantitative estimate of drug-likeness (QED) is 0.710. The van der Waals surface area contributed by atoms with Crippen LogP contribution in [0.3, 0.4) is 0 Å². The number of cyclic esters (lactones) is 1. The average molecular weight is 193 g/mol. The van der Waals surface area contributed by atoms with E-state index < -0.39 is 6.09 Å². The Morgan fingerprint density at radius 2 is 2.36 bits per heavy atom. The summed E-state index contributed by atoms with van der Waals surface area (Å²) in [6.45, 7) is 2.20. The van der Waals surface area contributed by atoms with Crippen LogP contribution in [0.5, 0.6) is 5.75 Å². The second-order valence-corrected chi connectivity index (χ2v) is 3.36. The van der Waals surface area contributed by atoms with E-state index in [0.717, 1.165) is 5.56 Å². The molecule has 1 heterocycles. The fraction of sp³-hybridized carbons (Fsp3) is 0.300. The van der Waals surface area contributed by atoms with Gasteiger partial charge in [-0.3, -0.25) is 0 Å². The Balaban J connectivity index is 2.31. The number of hydrogen-bond acceptors (Lipinski definition) is 3. The number of phenolic OH excluding ortho intramolecular Hbond substituents is 1. The predicted molar refractivity (Wildman–Crippen MR) is 50.1 cm³/mol. The van der Waals surface area contributed by atoms with Crippen LogP contribution in [0.15, 0.2) is 18.2 Å². The van der Waals surface area contributed by atoms with E-state index in [0.29, 0.717) is 5.56 Å². The van der Waals surface area contributed by atoms with Gasteiger partial charge in [-0.25, -0.2) is 4.79 Å². The first-order valence-corrected chi connectivity index (χ1v) is 4.39. The lowest BCUT2D eigenvalue weighted by molar-refractivity contribution is 0.177. The first kappa shape index (κ1) is 8.87. The van der Waals surface area contributed by atoms with Gasteiger partial charge in [-0.05, 0) is 13.0 Å². The average Bonchev–Trinajstić information content (AvgIpc) is 2.56. The van der Waals surface area contributed by atoms with E-state index in [4.69, 9.17) is 4.74 Å². The summed E-state index contributed by atoms with van der Waals surface area (Å²) in [7, 11) is 0. The third kappa shape index (κ3) is 1.51. The summed E-state index contributed by atoms with van der Waals surface area (Å²) in [5, 5.41) is 12.2. The van der Waals surface area contributed by atoms with E-state index in [2.05, 4.69) is 5.32 Å². The number of hydrogen-bond donors (Lipinski definition) is 2. The van der Waals surface area contributed by atoms with Crippen molar-refractivity contribution >= 4 is 6.09 Å². The molecule has 0 radical (unpaired) electrons. The molecule has 14 heavy (non-hydrogen) atoms. The Bertz CT molecular complexity index is 376. The van der Waals surface area contributed by atoms with Crippen molar-refractivity contribution in [3.05, 3.63) is 29.3 Å². The Hall–Kier alpha value is -1.71. The summed E-state index contributed by atoms with van der Waals surface area (Å²) in [6.07, 6.45) is -0.434. The van der Waals surface area contributed by atoms with Crippen LogP contribution in [0.2, 0.25) is 0 Å². The van der Waals surface area contributed by atoms with Gasteiger partial charge in [0, 0.05) is 5.56 Å². The van der Waals surface area contributed by atoms with E-state index in [1.807, 2.05) is 19.1 Å². The molecule has 2 N–H and O–H groups in total. The molecule has 4 heteroatoms. The number of nitrogens with one attached hydrogen (secondary N) is 1. The van der Waals surface area contributed by atoms with E-state index in [1.165, 1.54) is 0 Å². The second kappa shape index (κ2) is 3.21. The van der Waals surface area contributed by atoms with Crippen molar-refractivity contribution < 1.29 is 14.6 Å². The smallest absolute Gasteiger partial charge is 0.407 e. The van der Waals surface area contributed by atoms with Gasteiger partial charge in [-0.15, -0.1) is 0 Å². The molecule has 1 aliphatic heterocycles. The maximum absolute atomic E-state index is 10.8. The number of carbonyl (C=O) groups is 1. The summed E-state index contributed by atoms with van der Waals surface area (Å²) in [6, 6.07) is 5.04. The van der Waals surface area contributed by atoms with Gasteiger partial charge >= 0.3 is 6.09 Å². The number of carbonyl (C=O) groups excluding carboxylic acids is 1. The van der Waals surface area contributed by atoms with E-state index in [1.54, 1.807) is 6.07 Å². The van der Waals surface area contributed by atoms with Crippen molar-refractivity contribution in [1.29, 1.82) is 0 Å². The van der Waals surface area contributed by atoms with Crippen LogP contribution in [0.25, 0.3) is 0 Å². The molecule has 0 spiro atoms. The zero-order valence-corrected chi connectivity index (χ0v) is 7.78.